The van der Waals surface area contributed by atoms with Crippen molar-refractivity contribution in [1.29, 1.82) is 0 Å². The average Bonchev–Trinajstić information content (AvgIpc) is 2.16. The predicted molar refractivity (Wildman–Crippen MR) is 64.9 cm³/mol. The largest absolute Gasteiger partial charge is 0.388 e. The van der Waals surface area contributed by atoms with E-state index >= 15 is 0 Å². The first-order chi connectivity index (χ1) is 7.13. The van der Waals surface area contributed by atoms with Crippen LogP contribution in [0.1, 0.15) is 30.1 Å². The van der Waals surface area contributed by atoms with Crippen LogP contribution in [0, 0.1) is 6.92 Å². The fourth-order valence-electron chi connectivity index (χ4n) is 1.54. The van der Waals surface area contributed by atoms with Gasteiger partial charge in [0.1, 0.15) is 0 Å². The Labute approximate surface area is 99.4 Å². The van der Waals surface area contributed by atoms with E-state index in [9.17, 15) is 5.11 Å². The molecular weight excluding hydrogens is 256 g/mol. The molecule has 3 heteroatoms. The molecule has 1 rings (SSSR count). The molecule has 1 unspecified atom stereocenters. The molecule has 1 N–H and O–H groups in total. The lowest BCUT2D eigenvalue weighted by molar-refractivity contribution is 0.136. The van der Waals surface area contributed by atoms with Crippen molar-refractivity contribution in [3.63, 3.8) is 0 Å². The summed E-state index contributed by atoms with van der Waals surface area (Å²) in [5.41, 5.74) is 2.13. The minimum Gasteiger partial charge on any atom is -0.388 e. The lowest BCUT2D eigenvalue weighted by Crippen LogP contribution is -2.00. The second-order valence-corrected chi connectivity index (χ2v) is 4.63. The van der Waals surface area contributed by atoms with E-state index in [-0.39, 0.29) is 0 Å². The van der Waals surface area contributed by atoms with Crippen molar-refractivity contribution in [2.75, 3.05) is 13.7 Å². The van der Waals surface area contributed by atoms with Gasteiger partial charge in [-0.25, -0.2) is 0 Å². The standard InChI is InChI=1S/C12H17BrO2/c1-9-6-10(8-11(13)7-9)12(14)4-3-5-15-2/h6-8,12,14H,3-5H2,1-2H3. The summed E-state index contributed by atoms with van der Waals surface area (Å²) in [6.07, 6.45) is 1.23. The Morgan fingerprint density at radius 3 is 2.73 bits per heavy atom. The molecule has 0 bridgehead atoms. The van der Waals surface area contributed by atoms with Gasteiger partial charge in [0.2, 0.25) is 0 Å². The Bertz CT molecular complexity index is 292. The molecular formula is C12H17BrO2. The normalized spacial score (nSPS) is 12.8. The number of hydrogen-bond acceptors (Lipinski definition) is 2. The Hall–Kier alpha value is -0.380. The second-order valence-electron chi connectivity index (χ2n) is 3.71. The van der Waals surface area contributed by atoms with E-state index in [1.807, 2.05) is 25.1 Å². The molecule has 1 aromatic carbocycles. The van der Waals surface area contributed by atoms with Crippen molar-refractivity contribution in [1.82, 2.24) is 0 Å². The summed E-state index contributed by atoms with van der Waals surface area (Å²) in [5.74, 6) is 0. The maximum absolute atomic E-state index is 9.92. The fourth-order valence-corrected chi connectivity index (χ4v) is 2.17. The number of benzene rings is 1. The van der Waals surface area contributed by atoms with E-state index in [0.717, 1.165) is 28.4 Å². The highest BCUT2D eigenvalue weighted by molar-refractivity contribution is 9.10. The first-order valence-electron chi connectivity index (χ1n) is 5.07. The summed E-state index contributed by atoms with van der Waals surface area (Å²) < 4.78 is 5.97. The zero-order chi connectivity index (χ0) is 11.3. The minimum absolute atomic E-state index is 0.392. The molecule has 0 heterocycles. The van der Waals surface area contributed by atoms with Crippen LogP contribution in [0.15, 0.2) is 22.7 Å². The Morgan fingerprint density at radius 2 is 2.13 bits per heavy atom. The summed E-state index contributed by atoms with van der Waals surface area (Å²) in [7, 11) is 1.68. The van der Waals surface area contributed by atoms with Gasteiger partial charge in [-0.3, -0.25) is 0 Å². The molecule has 1 atom stereocenters. The Morgan fingerprint density at radius 1 is 1.40 bits per heavy atom. The first kappa shape index (κ1) is 12.7. The van der Waals surface area contributed by atoms with Gasteiger partial charge in [-0.2, -0.15) is 0 Å². The molecule has 15 heavy (non-hydrogen) atoms. The van der Waals surface area contributed by atoms with Gasteiger partial charge in [0.25, 0.3) is 0 Å². The number of aliphatic hydroxyl groups is 1. The molecule has 0 fully saturated rings. The molecule has 0 aliphatic heterocycles. The van der Waals surface area contributed by atoms with Crippen LogP contribution < -0.4 is 0 Å². The topological polar surface area (TPSA) is 29.5 Å². The third-order valence-electron chi connectivity index (χ3n) is 2.28. The summed E-state index contributed by atoms with van der Waals surface area (Å²) in [6, 6.07) is 6.01. The number of ether oxygens (including phenoxy) is 1. The lowest BCUT2D eigenvalue weighted by Gasteiger charge is -2.12. The van der Waals surface area contributed by atoms with Gasteiger partial charge in [-0.1, -0.05) is 22.0 Å². The molecule has 84 valence electrons. The minimum atomic E-state index is -0.392. The third kappa shape index (κ3) is 4.33. The van der Waals surface area contributed by atoms with Crippen LogP contribution in [0.2, 0.25) is 0 Å². The Balaban J connectivity index is 2.60. The number of methoxy groups -OCH3 is 1. The number of aliphatic hydroxyl groups excluding tert-OH is 1. The summed E-state index contributed by atoms with van der Waals surface area (Å²) in [5, 5.41) is 9.92. The highest BCUT2D eigenvalue weighted by Crippen LogP contribution is 2.23. The van der Waals surface area contributed by atoms with Gasteiger partial charge in [0, 0.05) is 18.2 Å². The van der Waals surface area contributed by atoms with Crippen molar-refractivity contribution in [3.8, 4) is 0 Å². The molecule has 0 aliphatic carbocycles. The van der Waals surface area contributed by atoms with Gasteiger partial charge in [-0.05, 0) is 43.0 Å². The predicted octanol–water partition coefficient (Wildman–Crippen LogP) is 3.22. The van der Waals surface area contributed by atoms with Gasteiger partial charge in [-0.15, -0.1) is 0 Å². The zero-order valence-corrected chi connectivity index (χ0v) is 10.8. The van der Waals surface area contributed by atoms with Crippen LogP contribution >= 0.6 is 15.9 Å². The van der Waals surface area contributed by atoms with E-state index in [0.29, 0.717) is 6.61 Å². The second kappa shape index (κ2) is 6.26. The lowest BCUT2D eigenvalue weighted by atomic mass is 10.0. The zero-order valence-electron chi connectivity index (χ0n) is 9.16. The SMILES string of the molecule is COCCCC(O)c1cc(C)cc(Br)c1. The van der Waals surface area contributed by atoms with Crippen molar-refractivity contribution in [2.45, 2.75) is 25.9 Å². The number of aryl methyl sites for hydroxylation is 1. The van der Waals surface area contributed by atoms with Crippen LogP contribution in [0.25, 0.3) is 0 Å². The van der Waals surface area contributed by atoms with Crippen LogP contribution in [-0.4, -0.2) is 18.8 Å². The van der Waals surface area contributed by atoms with Gasteiger partial charge >= 0.3 is 0 Å². The smallest absolute Gasteiger partial charge is 0.0791 e. The van der Waals surface area contributed by atoms with Crippen LogP contribution in [0.3, 0.4) is 0 Å². The van der Waals surface area contributed by atoms with Crippen LogP contribution in [0.5, 0.6) is 0 Å². The van der Waals surface area contributed by atoms with Crippen molar-refractivity contribution < 1.29 is 9.84 Å². The number of rotatable bonds is 5. The van der Waals surface area contributed by atoms with Crippen molar-refractivity contribution >= 4 is 15.9 Å². The number of halogens is 1. The molecule has 0 aliphatic rings. The highest BCUT2D eigenvalue weighted by atomic mass is 79.9. The molecule has 1 aromatic rings. The van der Waals surface area contributed by atoms with E-state index in [2.05, 4.69) is 15.9 Å². The summed E-state index contributed by atoms with van der Waals surface area (Å²) in [4.78, 5) is 0. The third-order valence-corrected chi connectivity index (χ3v) is 2.73. The maximum atomic E-state index is 9.92. The molecule has 0 amide bonds. The van der Waals surface area contributed by atoms with E-state index in [1.54, 1.807) is 7.11 Å². The highest BCUT2D eigenvalue weighted by Gasteiger charge is 2.08. The van der Waals surface area contributed by atoms with E-state index < -0.39 is 6.10 Å². The first-order valence-corrected chi connectivity index (χ1v) is 5.87. The van der Waals surface area contributed by atoms with E-state index in [1.165, 1.54) is 0 Å². The van der Waals surface area contributed by atoms with Gasteiger partial charge in [0.05, 0.1) is 6.10 Å². The molecule has 0 aromatic heterocycles. The molecule has 0 saturated heterocycles. The van der Waals surface area contributed by atoms with Crippen LogP contribution in [-0.2, 0) is 4.74 Å². The van der Waals surface area contributed by atoms with E-state index in [4.69, 9.17) is 4.74 Å². The number of hydrogen-bond donors (Lipinski definition) is 1. The Kier molecular flexibility index (Phi) is 5.29. The summed E-state index contributed by atoms with van der Waals surface area (Å²) >= 11 is 3.43. The molecule has 0 saturated carbocycles. The van der Waals surface area contributed by atoms with Crippen molar-refractivity contribution in [2.24, 2.45) is 0 Å². The average molecular weight is 273 g/mol. The van der Waals surface area contributed by atoms with Crippen molar-refractivity contribution in [3.05, 3.63) is 33.8 Å². The van der Waals surface area contributed by atoms with Gasteiger partial charge < -0.3 is 9.84 Å². The molecule has 0 radical (unpaired) electrons. The summed E-state index contributed by atoms with van der Waals surface area (Å²) in [6.45, 7) is 2.72. The fraction of sp³-hybridized carbons (Fsp3) is 0.500. The molecule has 0 spiro atoms. The quantitative estimate of drug-likeness (QED) is 0.835. The monoisotopic (exact) mass is 272 g/mol. The van der Waals surface area contributed by atoms with Gasteiger partial charge in [0.15, 0.2) is 0 Å². The molecule has 2 nitrogen and oxygen atoms in total. The maximum Gasteiger partial charge on any atom is 0.0791 e. The van der Waals surface area contributed by atoms with Crippen LogP contribution in [0.4, 0.5) is 0 Å².